The van der Waals surface area contributed by atoms with Crippen molar-refractivity contribution in [2.45, 2.75) is 39.3 Å². The molecule has 8 heteroatoms. The number of rotatable bonds is 7. The van der Waals surface area contributed by atoms with Crippen molar-refractivity contribution in [3.63, 3.8) is 0 Å². The Morgan fingerprint density at radius 2 is 1.93 bits per heavy atom. The number of nitrogens with one attached hydrogen (secondary N) is 2. The number of piperazine rings is 1. The van der Waals surface area contributed by atoms with Crippen LogP contribution in [0.1, 0.15) is 44.1 Å². The lowest BCUT2D eigenvalue weighted by Crippen LogP contribution is -3.28. The van der Waals surface area contributed by atoms with Crippen molar-refractivity contribution in [3.8, 4) is 11.5 Å². The Bertz CT molecular complexity index is 756. The summed E-state index contributed by atoms with van der Waals surface area (Å²) in [7, 11) is 0. The summed E-state index contributed by atoms with van der Waals surface area (Å²) >= 11 is 0. The highest BCUT2D eigenvalue weighted by atomic mass is 16.7. The van der Waals surface area contributed by atoms with Crippen LogP contribution in [0.4, 0.5) is 0 Å². The van der Waals surface area contributed by atoms with Crippen LogP contribution >= 0.6 is 0 Å². The number of tetrazole rings is 1. The van der Waals surface area contributed by atoms with Gasteiger partial charge >= 0.3 is 0 Å². The van der Waals surface area contributed by atoms with E-state index in [9.17, 15) is 0 Å². The van der Waals surface area contributed by atoms with Crippen molar-refractivity contribution in [1.29, 1.82) is 0 Å². The Kier molecular flexibility index (Phi) is 5.54. The number of aromatic nitrogens is 4. The van der Waals surface area contributed by atoms with Gasteiger partial charge in [-0.15, -0.1) is 5.10 Å². The first-order chi connectivity index (χ1) is 13.3. The summed E-state index contributed by atoms with van der Waals surface area (Å²) in [6.07, 6.45) is 2.24. The number of benzene rings is 1. The van der Waals surface area contributed by atoms with E-state index in [4.69, 9.17) is 9.47 Å². The highest BCUT2D eigenvalue weighted by Gasteiger charge is 2.33. The van der Waals surface area contributed by atoms with E-state index in [0.717, 1.165) is 35.7 Å². The molecule has 1 saturated heterocycles. The van der Waals surface area contributed by atoms with Gasteiger partial charge in [-0.2, -0.15) is 0 Å². The van der Waals surface area contributed by atoms with E-state index in [0.29, 0.717) is 19.4 Å². The molecule has 3 heterocycles. The van der Waals surface area contributed by atoms with Gasteiger partial charge in [0.15, 0.2) is 11.5 Å². The fourth-order valence-corrected chi connectivity index (χ4v) is 4.22. The van der Waals surface area contributed by atoms with E-state index in [1.165, 1.54) is 32.7 Å². The maximum absolute atomic E-state index is 5.50. The van der Waals surface area contributed by atoms with E-state index in [1.54, 1.807) is 9.80 Å². The first-order valence-electron chi connectivity index (χ1n) is 10.1. The number of hydrogen-bond acceptors (Lipinski definition) is 5. The first kappa shape index (κ1) is 18.2. The molecule has 0 spiro atoms. The van der Waals surface area contributed by atoms with Crippen molar-refractivity contribution in [2.24, 2.45) is 0 Å². The van der Waals surface area contributed by atoms with Gasteiger partial charge in [-0.1, -0.05) is 19.4 Å². The molecule has 0 bridgehead atoms. The Morgan fingerprint density at radius 3 is 2.70 bits per heavy atom. The number of quaternary nitrogens is 2. The molecule has 0 radical (unpaired) electrons. The number of hydrogen-bond donors (Lipinski definition) is 2. The minimum atomic E-state index is 0.294. The van der Waals surface area contributed by atoms with E-state index < -0.39 is 0 Å². The Hall–Kier alpha value is -2.19. The molecular weight excluding hydrogens is 344 g/mol. The molecule has 0 unspecified atom stereocenters. The van der Waals surface area contributed by atoms with E-state index in [2.05, 4.69) is 35.4 Å². The van der Waals surface area contributed by atoms with Gasteiger partial charge in [0.1, 0.15) is 32.2 Å². The third-order valence-electron chi connectivity index (χ3n) is 5.81. The number of likely N-dealkylation sites (N-methyl/N-ethyl adjacent to an activating group) is 1. The Balaban J connectivity index is 1.52. The summed E-state index contributed by atoms with van der Waals surface area (Å²) in [5.41, 5.74) is 1.12. The molecule has 4 rings (SSSR count). The van der Waals surface area contributed by atoms with Crippen LogP contribution in [0.3, 0.4) is 0 Å². The van der Waals surface area contributed by atoms with Crippen LogP contribution in [-0.2, 0) is 6.54 Å². The highest BCUT2D eigenvalue weighted by Crippen LogP contribution is 2.32. The summed E-state index contributed by atoms with van der Waals surface area (Å²) in [6, 6.07) is 6.41. The summed E-state index contributed by atoms with van der Waals surface area (Å²) < 4.78 is 12.9. The van der Waals surface area contributed by atoms with Gasteiger partial charge < -0.3 is 19.3 Å². The largest absolute Gasteiger partial charge is 0.454 e. The minimum absolute atomic E-state index is 0.294. The third kappa shape index (κ3) is 3.91. The molecule has 0 saturated carbocycles. The van der Waals surface area contributed by atoms with Gasteiger partial charge in [-0.25, -0.2) is 4.68 Å². The second kappa shape index (κ2) is 8.22. The molecule has 0 amide bonds. The standard InChI is InChI=1S/C19H28N6O2/c1-3-5-16(24-10-8-23(4-2)9-11-24)19-20-21-22-25(19)13-15-6-7-17-18(12-15)27-14-26-17/h6-7,12,16H,3-5,8-11,13-14H2,1-2H3/p+2/t16-/m1/s1. The lowest BCUT2D eigenvalue weighted by atomic mass is 10.1. The van der Waals surface area contributed by atoms with Crippen LogP contribution < -0.4 is 19.3 Å². The van der Waals surface area contributed by atoms with Gasteiger partial charge in [-0.3, -0.25) is 0 Å². The Labute approximate surface area is 160 Å². The summed E-state index contributed by atoms with van der Waals surface area (Å²) in [4.78, 5) is 3.32. The van der Waals surface area contributed by atoms with E-state index in [1.807, 2.05) is 16.8 Å². The Morgan fingerprint density at radius 1 is 1.11 bits per heavy atom. The molecule has 0 aliphatic carbocycles. The lowest BCUT2D eigenvalue weighted by Gasteiger charge is -2.33. The molecule has 1 fully saturated rings. The summed E-state index contributed by atoms with van der Waals surface area (Å²) in [5, 5.41) is 12.7. The average Bonchev–Trinajstić information content (AvgIpc) is 3.35. The molecule has 1 aromatic heterocycles. The molecule has 146 valence electrons. The zero-order valence-corrected chi connectivity index (χ0v) is 16.3. The molecule has 2 aromatic rings. The minimum Gasteiger partial charge on any atom is -0.454 e. The molecule has 1 atom stereocenters. The van der Waals surface area contributed by atoms with E-state index >= 15 is 0 Å². The van der Waals surface area contributed by atoms with Crippen molar-refractivity contribution in [3.05, 3.63) is 29.6 Å². The second-order valence-corrected chi connectivity index (χ2v) is 7.49. The maximum Gasteiger partial charge on any atom is 0.231 e. The van der Waals surface area contributed by atoms with E-state index in [-0.39, 0.29) is 0 Å². The fourth-order valence-electron chi connectivity index (χ4n) is 4.22. The highest BCUT2D eigenvalue weighted by molar-refractivity contribution is 5.44. The molecule has 27 heavy (non-hydrogen) atoms. The molecule has 2 N–H and O–H groups in total. The predicted molar refractivity (Wildman–Crippen MR) is 99.1 cm³/mol. The van der Waals surface area contributed by atoms with Gasteiger partial charge in [-0.05, 0) is 35.0 Å². The lowest BCUT2D eigenvalue weighted by molar-refractivity contribution is -1.03. The van der Waals surface area contributed by atoms with Crippen LogP contribution in [0.5, 0.6) is 11.5 Å². The van der Waals surface area contributed by atoms with Crippen LogP contribution in [0.25, 0.3) is 0 Å². The molecular formula is C19H30N6O2+2. The smallest absolute Gasteiger partial charge is 0.231 e. The number of ether oxygens (including phenoxy) is 2. The molecule has 2 aliphatic heterocycles. The average molecular weight is 374 g/mol. The predicted octanol–water partition coefficient (Wildman–Crippen LogP) is -0.905. The van der Waals surface area contributed by atoms with Crippen LogP contribution in [0.2, 0.25) is 0 Å². The van der Waals surface area contributed by atoms with Crippen LogP contribution in [0.15, 0.2) is 18.2 Å². The van der Waals surface area contributed by atoms with Crippen molar-refractivity contribution in [2.75, 3.05) is 39.5 Å². The zero-order chi connectivity index (χ0) is 18.6. The van der Waals surface area contributed by atoms with Gasteiger partial charge in [0.2, 0.25) is 12.6 Å². The normalized spacial score (nSPS) is 22.7. The summed E-state index contributed by atoms with van der Waals surface area (Å²) in [5.74, 6) is 2.61. The van der Waals surface area contributed by atoms with Crippen LogP contribution in [0, 0.1) is 0 Å². The first-order valence-corrected chi connectivity index (χ1v) is 10.1. The van der Waals surface area contributed by atoms with Gasteiger partial charge in [0.25, 0.3) is 0 Å². The van der Waals surface area contributed by atoms with Gasteiger partial charge in [0, 0.05) is 6.42 Å². The number of nitrogens with zero attached hydrogens (tertiary/aromatic N) is 4. The zero-order valence-electron chi connectivity index (χ0n) is 16.3. The molecule has 8 nitrogen and oxygen atoms in total. The molecule has 2 aliphatic rings. The SMILES string of the molecule is CCC[C@H](c1nnnn1Cc1ccc2c(c1)OCO2)[NH+]1CC[NH+](CC)CC1. The van der Waals surface area contributed by atoms with Crippen molar-refractivity contribution >= 4 is 0 Å². The van der Waals surface area contributed by atoms with Crippen molar-refractivity contribution < 1.29 is 19.3 Å². The van der Waals surface area contributed by atoms with Crippen molar-refractivity contribution in [1.82, 2.24) is 20.2 Å². The topological polar surface area (TPSA) is 70.9 Å². The maximum atomic E-state index is 5.50. The summed E-state index contributed by atoms with van der Waals surface area (Å²) in [6.45, 7) is 11.5. The van der Waals surface area contributed by atoms with Crippen LogP contribution in [-0.4, -0.2) is 59.7 Å². The quantitative estimate of drug-likeness (QED) is 0.657. The second-order valence-electron chi connectivity index (χ2n) is 7.49. The fraction of sp³-hybridized carbons (Fsp3) is 0.632. The molecule has 1 aromatic carbocycles. The third-order valence-corrected chi connectivity index (χ3v) is 5.81. The monoisotopic (exact) mass is 374 g/mol. The van der Waals surface area contributed by atoms with Gasteiger partial charge in [0.05, 0.1) is 13.1 Å². The number of fused-ring (bicyclic) bond motifs is 1.